The van der Waals surface area contributed by atoms with E-state index in [2.05, 4.69) is 0 Å². The molecule has 1 atom stereocenters. The summed E-state index contributed by atoms with van der Waals surface area (Å²) < 4.78 is 25.0. The number of hydrogen-bond acceptors (Lipinski definition) is 5. The van der Waals surface area contributed by atoms with Crippen molar-refractivity contribution in [3.8, 4) is 0 Å². The SMILES string of the molecule is CS(=O)(=O)N1c2ccccc2C2CN1C(=O)N2OCC(=O)O. The molecule has 2 amide bonds. The number of carbonyl (C=O) groups is 2. The van der Waals surface area contributed by atoms with Crippen LogP contribution in [0.5, 0.6) is 0 Å². The highest BCUT2D eigenvalue weighted by Crippen LogP contribution is 2.43. The lowest BCUT2D eigenvalue weighted by molar-refractivity contribution is -0.167. The number of urea groups is 1. The van der Waals surface area contributed by atoms with Crippen LogP contribution >= 0.6 is 0 Å². The zero-order chi connectivity index (χ0) is 16.1. The lowest BCUT2D eigenvalue weighted by Crippen LogP contribution is -2.49. The van der Waals surface area contributed by atoms with E-state index < -0.39 is 34.7 Å². The van der Waals surface area contributed by atoms with Crippen LogP contribution in [0.25, 0.3) is 0 Å². The molecule has 2 bridgehead atoms. The van der Waals surface area contributed by atoms with E-state index in [1.807, 2.05) is 0 Å². The van der Waals surface area contributed by atoms with Crippen LogP contribution in [0.1, 0.15) is 11.6 Å². The summed E-state index contributed by atoms with van der Waals surface area (Å²) in [6.07, 6.45) is 0.998. The number of carboxylic acid groups (broad SMARTS) is 1. The number of nitrogens with zero attached hydrogens (tertiary/aromatic N) is 3. The molecule has 9 nitrogen and oxygen atoms in total. The van der Waals surface area contributed by atoms with Gasteiger partial charge < -0.3 is 5.11 Å². The quantitative estimate of drug-likeness (QED) is 0.845. The fraction of sp³-hybridized carbons (Fsp3) is 0.333. The van der Waals surface area contributed by atoms with Crippen LogP contribution in [0.15, 0.2) is 24.3 Å². The minimum atomic E-state index is -3.72. The van der Waals surface area contributed by atoms with Gasteiger partial charge in [-0.15, -0.1) is 0 Å². The number of sulfonamides is 1. The molecule has 22 heavy (non-hydrogen) atoms. The van der Waals surface area contributed by atoms with Gasteiger partial charge in [0.15, 0.2) is 6.61 Å². The highest BCUT2D eigenvalue weighted by Gasteiger charge is 2.50. The number of aliphatic carboxylic acids is 1. The molecule has 1 N–H and O–H groups in total. The van der Waals surface area contributed by atoms with E-state index in [1.54, 1.807) is 24.3 Å². The van der Waals surface area contributed by atoms with E-state index in [0.717, 1.165) is 20.7 Å². The van der Waals surface area contributed by atoms with Gasteiger partial charge in [0.25, 0.3) is 0 Å². The molecule has 0 spiro atoms. The zero-order valence-electron chi connectivity index (χ0n) is 11.5. The molecule has 1 saturated heterocycles. The Morgan fingerprint density at radius 2 is 2.09 bits per heavy atom. The number of carboxylic acids is 1. The van der Waals surface area contributed by atoms with E-state index in [1.165, 1.54) is 0 Å². The number of hydrazine groups is 1. The predicted molar refractivity (Wildman–Crippen MR) is 74.0 cm³/mol. The van der Waals surface area contributed by atoms with E-state index in [-0.39, 0.29) is 6.54 Å². The van der Waals surface area contributed by atoms with Crippen molar-refractivity contribution in [1.29, 1.82) is 0 Å². The fourth-order valence-corrected chi connectivity index (χ4v) is 3.66. The molecular formula is C12H13N3O6S. The highest BCUT2D eigenvalue weighted by atomic mass is 32.2. The number of anilines is 1. The lowest BCUT2D eigenvalue weighted by Gasteiger charge is -2.34. The van der Waals surface area contributed by atoms with Crippen LogP contribution in [0.2, 0.25) is 0 Å². The van der Waals surface area contributed by atoms with Crippen LogP contribution in [0, 0.1) is 0 Å². The molecule has 1 aromatic rings. The van der Waals surface area contributed by atoms with Crippen LogP contribution in [-0.4, -0.2) is 55.0 Å². The van der Waals surface area contributed by atoms with E-state index in [9.17, 15) is 18.0 Å². The summed E-state index contributed by atoms with van der Waals surface area (Å²) in [4.78, 5) is 28.0. The van der Waals surface area contributed by atoms with Gasteiger partial charge in [0.2, 0.25) is 10.0 Å². The number of para-hydroxylation sites is 1. The summed E-state index contributed by atoms with van der Waals surface area (Å²) in [5, 5.41) is 10.6. The Kier molecular flexibility index (Phi) is 3.22. The number of hydroxylamine groups is 2. The van der Waals surface area contributed by atoms with Crippen LogP contribution < -0.4 is 4.41 Å². The zero-order valence-corrected chi connectivity index (χ0v) is 12.4. The Morgan fingerprint density at radius 3 is 2.73 bits per heavy atom. The van der Waals surface area contributed by atoms with Crippen molar-refractivity contribution in [1.82, 2.24) is 10.1 Å². The highest BCUT2D eigenvalue weighted by molar-refractivity contribution is 7.92. The third-order valence-electron chi connectivity index (χ3n) is 3.40. The Bertz CT molecular complexity index is 749. The average molecular weight is 327 g/mol. The summed E-state index contributed by atoms with van der Waals surface area (Å²) in [6.45, 7) is -0.611. The van der Waals surface area contributed by atoms with Crippen molar-refractivity contribution in [3.05, 3.63) is 29.8 Å². The molecule has 1 fully saturated rings. The number of carbonyl (C=O) groups excluding carboxylic acids is 1. The summed E-state index contributed by atoms with van der Waals surface area (Å²) in [5.41, 5.74) is 0.941. The first kappa shape index (κ1) is 14.6. The molecule has 0 aliphatic carbocycles. The largest absolute Gasteiger partial charge is 0.479 e. The standard InChI is InChI=1S/C12H13N3O6S/c1-22(19,20)15-9-5-3-2-4-8(9)10-6-13(15)12(18)14(10)21-7-11(16)17/h2-5,10H,6-7H2,1H3,(H,16,17). The third-order valence-corrected chi connectivity index (χ3v) is 4.42. The average Bonchev–Trinajstić information content (AvgIpc) is 2.69. The number of amides is 2. The molecule has 0 saturated carbocycles. The number of benzene rings is 1. The van der Waals surface area contributed by atoms with Crippen LogP contribution in [0.3, 0.4) is 0 Å². The van der Waals surface area contributed by atoms with Crippen molar-refractivity contribution in [2.45, 2.75) is 6.04 Å². The second-order valence-electron chi connectivity index (χ2n) is 4.94. The molecule has 3 rings (SSSR count). The second kappa shape index (κ2) is 4.85. The van der Waals surface area contributed by atoms with Crippen LogP contribution in [-0.2, 0) is 19.7 Å². The first-order valence-electron chi connectivity index (χ1n) is 6.35. The van der Waals surface area contributed by atoms with Gasteiger partial charge in [0.05, 0.1) is 18.5 Å². The second-order valence-corrected chi connectivity index (χ2v) is 6.75. The Hall–Kier alpha value is -2.33. The number of fused-ring (bicyclic) bond motifs is 4. The van der Waals surface area contributed by atoms with Gasteiger partial charge in [-0.25, -0.2) is 23.0 Å². The smallest absolute Gasteiger partial charge is 0.364 e. The summed E-state index contributed by atoms with van der Waals surface area (Å²) in [7, 11) is -3.72. The molecule has 0 radical (unpaired) electrons. The van der Waals surface area contributed by atoms with Gasteiger partial charge in [-0.1, -0.05) is 18.2 Å². The van der Waals surface area contributed by atoms with E-state index >= 15 is 0 Å². The summed E-state index contributed by atoms with van der Waals surface area (Å²) >= 11 is 0. The van der Waals surface area contributed by atoms with E-state index in [4.69, 9.17) is 9.94 Å². The molecule has 1 unspecified atom stereocenters. The van der Waals surface area contributed by atoms with Gasteiger partial charge in [0, 0.05) is 5.56 Å². The molecule has 2 aliphatic rings. The van der Waals surface area contributed by atoms with Crippen molar-refractivity contribution in [2.24, 2.45) is 0 Å². The predicted octanol–water partition coefficient (Wildman–Crippen LogP) is 0.176. The molecule has 0 aromatic heterocycles. The minimum Gasteiger partial charge on any atom is -0.479 e. The van der Waals surface area contributed by atoms with Gasteiger partial charge in [-0.2, -0.15) is 9.48 Å². The lowest BCUT2D eigenvalue weighted by atomic mass is 10.0. The molecule has 118 valence electrons. The molecular weight excluding hydrogens is 314 g/mol. The normalized spacial score (nSPS) is 20.3. The van der Waals surface area contributed by atoms with Crippen LogP contribution in [0.4, 0.5) is 10.5 Å². The monoisotopic (exact) mass is 327 g/mol. The summed E-state index contributed by atoms with van der Waals surface area (Å²) in [5.74, 6) is -1.22. The van der Waals surface area contributed by atoms with Gasteiger partial charge >= 0.3 is 12.0 Å². The molecule has 1 aromatic carbocycles. The number of rotatable bonds is 4. The maximum absolute atomic E-state index is 12.4. The van der Waals surface area contributed by atoms with E-state index in [0.29, 0.717) is 11.3 Å². The fourth-order valence-electron chi connectivity index (χ4n) is 2.64. The Morgan fingerprint density at radius 1 is 1.41 bits per heavy atom. The molecule has 2 heterocycles. The van der Waals surface area contributed by atoms with Gasteiger partial charge in [-0.05, 0) is 6.07 Å². The molecule has 2 aliphatic heterocycles. The van der Waals surface area contributed by atoms with Crippen molar-refractivity contribution in [2.75, 3.05) is 23.8 Å². The van der Waals surface area contributed by atoms with Gasteiger partial charge in [0.1, 0.15) is 6.04 Å². The molecule has 10 heteroatoms. The maximum atomic E-state index is 12.4. The topological polar surface area (TPSA) is 107 Å². The van der Waals surface area contributed by atoms with Crippen molar-refractivity contribution in [3.63, 3.8) is 0 Å². The Labute approximate surface area is 126 Å². The third kappa shape index (κ3) is 2.16. The number of hydrogen-bond donors (Lipinski definition) is 1. The summed E-state index contributed by atoms with van der Waals surface area (Å²) in [6, 6.07) is 5.38. The first-order valence-corrected chi connectivity index (χ1v) is 8.20. The minimum absolute atomic E-state index is 0.0720. The maximum Gasteiger partial charge on any atom is 0.364 e. The van der Waals surface area contributed by atoms with Crippen molar-refractivity contribution >= 4 is 27.7 Å². The van der Waals surface area contributed by atoms with Crippen molar-refractivity contribution < 1.29 is 28.0 Å². The first-order chi connectivity index (χ1) is 10.3. The van der Waals surface area contributed by atoms with Gasteiger partial charge in [-0.3, -0.25) is 4.84 Å². The Balaban J connectivity index is 2.07.